The second-order valence-electron chi connectivity index (χ2n) is 7.67. The lowest BCUT2D eigenvalue weighted by molar-refractivity contribution is 0.277. The summed E-state index contributed by atoms with van der Waals surface area (Å²) >= 11 is 0. The van der Waals surface area contributed by atoms with Crippen molar-refractivity contribution in [3.8, 4) is 0 Å². The Morgan fingerprint density at radius 3 is 2.71 bits per heavy atom. The van der Waals surface area contributed by atoms with Crippen molar-refractivity contribution in [2.75, 3.05) is 18.0 Å². The smallest absolute Gasteiger partial charge is 0.0402 e. The van der Waals surface area contributed by atoms with Gasteiger partial charge in [0.15, 0.2) is 0 Å². The van der Waals surface area contributed by atoms with Crippen LogP contribution in [0.1, 0.15) is 51.0 Å². The summed E-state index contributed by atoms with van der Waals surface area (Å²) in [5.41, 5.74) is 3.57. The van der Waals surface area contributed by atoms with Gasteiger partial charge in [0.2, 0.25) is 0 Å². The average molecular weight is 284 g/mol. The summed E-state index contributed by atoms with van der Waals surface area (Å²) in [7, 11) is 0. The van der Waals surface area contributed by atoms with Crippen molar-refractivity contribution in [3.05, 3.63) is 29.8 Å². The third-order valence-corrected chi connectivity index (χ3v) is 5.86. The van der Waals surface area contributed by atoms with Crippen LogP contribution in [0.4, 0.5) is 5.69 Å². The lowest BCUT2D eigenvalue weighted by atomic mass is 9.85. The first kappa shape index (κ1) is 13.6. The van der Waals surface area contributed by atoms with Crippen LogP contribution in [-0.2, 0) is 6.42 Å². The van der Waals surface area contributed by atoms with Crippen LogP contribution in [0.15, 0.2) is 24.3 Å². The third kappa shape index (κ3) is 2.70. The van der Waals surface area contributed by atoms with Crippen LogP contribution in [0.2, 0.25) is 0 Å². The van der Waals surface area contributed by atoms with Gasteiger partial charge in [0.25, 0.3) is 0 Å². The molecule has 1 aromatic carbocycles. The second-order valence-corrected chi connectivity index (χ2v) is 7.67. The molecule has 2 fully saturated rings. The number of hydrogen-bond acceptors (Lipinski definition) is 2. The van der Waals surface area contributed by atoms with Crippen molar-refractivity contribution in [1.29, 1.82) is 0 Å². The SMILES string of the molecule is CC1Cc2ccccc2N1CC1(CNC2CC2)CCCC1. The van der Waals surface area contributed by atoms with Gasteiger partial charge in [-0.05, 0) is 50.7 Å². The Morgan fingerprint density at radius 2 is 1.95 bits per heavy atom. The summed E-state index contributed by atoms with van der Waals surface area (Å²) < 4.78 is 0. The van der Waals surface area contributed by atoms with Gasteiger partial charge >= 0.3 is 0 Å². The van der Waals surface area contributed by atoms with Crippen molar-refractivity contribution in [1.82, 2.24) is 5.32 Å². The van der Waals surface area contributed by atoms with Gasteiger partial charge in [0.05, 0.1) is 0 Å². The van der Waals surface area contributed by atoms with Gasteiger partial charge in [-0.3, -0.25) is 0 Å². The minimum Gasteiger partial charge on any atom is -0.368 e. The van der Waals surface area contributed by atoms with Gasteiger partial charge in [-0.25, -0.2) is 0 Å². The Kier molecular flexibility index (Phi) is 3.45. The molecule has 0 radical (unpaired) electrons. The van der Waals surface area contributed by atoms with Crippen molar-refractivity contribution >= 4 is 5.69 Å². The fourth-order valence-electron chi connectivity index (χ4n) is 4.40. The number of nitrogens with one attached hydrogen (secondary N) is 1. The normalized spacial score (nSPS) is 27.1. The van der Waals surface area contributed by atoms with E-state index in [2.05, 4.69) is 41.4 Å². The van der Waals surface area contributed by atoms with Crippen LogP contribution in [-0.4, -0.2) is 25.2 Å². The van der Waals surface area contributed by atoms with E-state index >= 15 is 0 Å². The van der Waals surface area contributed by atoms with E-state index in [1.807, 2.05) is 0 Å². The van der Waals surface area contributed by atoms with E-state index in [9.17, 15) is 0 Å². The molecule has 2 saturated carbocycles. The molecular formula is C19H28N2. The molecule has 21 heavy (non-hydrogen) atoms. The second kappa shape index (κ2) is 5.31. The Balaban J connectivity index is 1.52. The van der Waals surface area contributed by atoms with E-state index in [1.165, 1.54) is 63.7 Å². The zero-order chi connectivity index (χ0) is 14.3. The summed E-state index contributed by atoms with van der Waals surface area (Å²) in [6.45, 7) is 4.89. The molecule has 0 bridgehead atoms. The Bertz CT molecular complexity index is 500. The highest BCUT2D eigenvalue weighted by Crippen LogP contribution is 2.42. The molecule has 1 aromatic rings. The van der Waals surface area contributed by atoms with Gasteiger partial charge in [-0.15, -0.1) is 0 Å². The number of fused-ring (bicyclic) bond motifs is 1. The molecule has 1 atom stereocenters. The maximum atomic E-state index is 3.83. The highest BCUT2D eigenvalue weighted by molar-refractivity contribution is 5.59. The first-order valence-electron chi connectivity index (χ1n) is 8.84. The molecular weight excluding hydrogens is 256 g/mol. The van der Waals surface area contributed by atoms with Gasteiger partial charge < -0.3 is 10.2 Å². The molecule has 2 heteroatoms. The molecule has 114 valence electrons. The minimum atomic E-state index is 0.522. The van der Waals surface area contributed by atoms with Crippen molar-refractivity contribution in [2.45, 2.75) is 64.0 Å². The molecule has 0 aromatic heterocycles. The van der Waals surface area contributed by atoms with Crippen LogP contribution >= 0.6 is 0 Å². The molecule has 3 aliphatic rings. The number of anilines is 1. The van der Waals surface area contributed by atoms with E-state index < -0.39 is 0 Å². The molecule has 2 nitrogen and oxygen atoms in total. The molecule has 1 unspecified atom stereocenters. The molecule has 1 heterocycles. The Hall–Kier alpha value is -1.02. The zero-order valence-corrected chi connectivity index (χ0v) is 13.3. The van der Waals surface area contributed by atoms with Gasteiger partial charge in [-0.2, -0.15) is 0 Å². The number of hydrogen-bond donors (Lipinski definition) is 1. The van der Waals surface area contributed by atoms with Crippen LogP contribution in [0.3, 0.4) is 0 Å². The maximum absolute atomic E-state index is 3.83. The standard InChI is InChI=1S/C19H28N2/c1-15-12-16-6-2-3-7-18(16)21(15)14-19(10-4-5-11-19)13-20-17-8-9-17/h2-3,6-7,15,17,20H,4-5,8-14H2,1H3. The summed E-state index contributed by atoms with van der Waals surface area (Å²) in [5, 5.41) is 3.83. The van der Waals surface area contributed by atoms with Crippen molar-refractivity contribution in [3.63, 3.8) is 0 Å². The van der Waals surface area contributed by atoms with E-state index in [0.29, 0.717) is 11.5 Å². The average Bonchev–Trinajstić information content (AvgIpc) is 3.13. The molecule has 4 rings (SSSR count). The topological polar surface area (TPSA) is 15.3 Å². The van der Waals surface area contributed by atoms with Gasteiger partial charge in [0.1, 0.15) is 0 Å². The number of para-hydroxylation sites is 1. The summed E-state index contributed by atoms with van der Waals surface area (Å²) in [4.78, 5) is 2.70. The predicted molar refractivity (Wildman–Crippen MR) is 88.9 cm³/mol. The summed E-state index contributed by atoms with van der Waals surface area (Å²) in [5.74, 6) is 0. The number of benzene rings is 1. The molecule has 1 N–H and O–H groups in total. The summed E-state index contributed by atoms with van der Waals surface area (Å²) in [6.07, 6.45) is 9.71. The van der Waals surface area contributed by atoms with Crippen LogP contribution in [0, 0.1) is 5.41 Å². The fraction of sp³-hybridized carbons (Fsp3) is 0.684. The van der Waals surface area contributed by atoms with E-state index in [-0.39, 0.29) is 0 Å². The highest BCUT2D eigenvalue weighted by Gasteiger charge is 2.39. The minimum absolute atomic E-state index is 0.522. The Morgan fingerprint density at radius 1 is 1.19 bits per heavy atom. The van der Waals surface area contributed by atoms with E-state index in [1.54, 1.807) is 5.56 Å². The molecule has 0 amide bonds. The van der Waals surface area contributed by atoms with Crippen molar-refractivity contribution in [2.24, 2.45) is 5.41 Å². The zero-order valence-electron chi connectivity index (χ0n) is 13.3. The van der Waals surface area contributed by atoms with Crippen LogP contribution in [0.5, 0.6) is 0 Å². The van der Waals surface area contributed by atoms with Crippen molar-refractivity contribution < 1.29 is 0 Å². The maximum Gasteiger partial charge on any atom is 0.0402 e. The quantitative estimate of drug-likeness (QED) is 0.886. The number of nitrogens with zero attached hydrogens (tertiary/aromatic N) is 1. The van der Waals surface area contributed by atoms with E-state index in [0.717, 1.165) is 6.04 Å². The van der Waals surface area contributed by atoms with Crippen LogP contribution < -0.4 is 10.2 Å². The fourth-order valence-corrected chi connectivity index (χ4v) is 4.40. The lowest BCUT2D eigenvalue weighted by Gasteiger charge is -2.37. The van der Waals surface area contributed by atoms with Crippen LogP contribution in [0.25, 0.3) is 0 Å². The molecule has 0 saturated heterocycles. The highest BCUT2D eigenvalue weighted by atomic mass is 15.2. The predicted octanol–water partition coefficient (Wildman–Crippen LogP) is 3.75. The third-order valence-electron chi connectivity index (χ3n) is 5.86. The molecule has 0 spiro atoms. The Labute approximate surface area is 128 Å². The summed E-state index contributed by atoms with van der Waals surface area (Å²) in [6, 6.07) is 10.5. The first-order chi connectivity index (χ1) is 10.3. The van der Waals surface area contributed by atoms with E-state index in [4.69, 9.17) is 0 Å². The molecule has 2 aliphatic carbocycles. The first-order valence-corrected chi connectivity index (χ1v) is 8.84. The largest absolute Gasteiger partial charge is 0.368 e. The lowest BCUT2D eigenvalue weighted by Crippen LogP contribution is -2.45. The number of rotatable bonds is 5. The monoisotopic (exact) mass is 284 g/mol. The van der Waals surface area contributed by atoms with Gasteiger partial charge in [-0.1, -0.05) is 31.0 Å². The molecule has 1 aliphatic heterocycles. The van der Waals surface area contributed by atoms with Gasteiger partial charge in [0, 0.05) is 36.3 Å².